The number of amides is 2. The molecule has 2 amide bonds. The first-order valence-electron chi connectivity index (χ1n) is 10.2. The number of urea groups is 1. The molecule has 2 aromatic rings. The van der Waals surface area contributed by atoms with Gasteiger partial charge in [-0.05, 0) is 42.6 Å². The number of alkyl halides is 3. The van der Waals surface area contributed by atoms with Gasteiger partial charge in [0.2, 0.25) is 5.28 Å². The van der Waals surface area contributed by atoms with Crippen LogP contribution < -0.4 is 5.32 Å². The van der Waals surface area contributed by atoms with Crippen LogP contribution in [-0.2, 0) is 24.0 Å². The zero-order valence-electron chi connectivity index (χ0n) is 17.7. The number of hydrogen-bond donors (Lipinski definition) is 1. The van der Waals surface area contributed by atoms with Crippen LogP contribution in [0.15, 0.2) is 18.2 Å². The average molecular weight is 470 g/mol. The maximum Gasteiger partial charge on any atom is 0.416 e. The van der Waals surface area contributed by atoms with Gasteiger partial charge >= 0.3 is 12.2 Å². The van der Waals surface area contributed by atoms with Gasteiger partial charge in [-0.1, -0.05) is 12.1 Å². The van der Waals surface area contributed by atoms with Crippen molar-refractivity contribution in [3.63, 3.8) is 0 Å². The fourth-order valence-electron chi connectivity index (χ4n) is 4.15. The number of carbonyl (C=O) groups excluding carboxylic acids is 1. The van der Waals surface area contributed by atoms with Gasteiger partial charge in [0.25, 0.3) is 0 Å². The van der Waals surface area contributed by atoms with E-state index in [1.165, 1.54) is 13.0 Å². The van der Waals surface area contributed by atoms with Gasteiger partial charge in [0.15, 0.2) is 0 Å². The molecule has 1 saturated heterocycles. The largest absolute Gasteiger partial charge is 0.416 e. The van der Waals surface area contributed by atoms with Gasteiger partial charge in [0.05, 0.1) is 43.6 Å². The zero-order chi connectivity index (χ0) is 23.0. The van der Waals surface area contributed by atoms with Gasteiger partial charge in [-0.2, -0.15) is 13.2 Å². The highest BCUT2D eigenvalue weighted by Crippen LogP contribution is 2.36. The third kappa shape index (κ3) is 4.47. The summed E-state index contributed by atoms with van der Waals surface area (Å²) in [4.78, 5) is 24.8. The number of rotatable bonds is 3. The Balaban J connectivity index is 1.57. The fourth-order valence-corrected chi connectivity index (χ4v) is 4.33. The van der Waals surface area contributed by atoms with E-state index in [0.29, 0.717) is 62.0 Å². The van der Waals surface area contributed by atoms with E-state index in [9.17, 15) is 18.0 Å². The zero-order valence-corrected chi connectivity index (χ0v) is 18.4. The first kappa shape index (κ1) is 22.6. The SMILES string of the molecule is Cc1c(C(C)Nc2nc(Cl)nc3c2CN(C(=O)N2CCOCC2)C3)cccc1C(F)(F)F. The summed E-state index contributed by atoms with van der Waals surface area (Å²) in [6.07, 6.45) is -4.43. The average Bonchev–Trinajstić information content (AvgIpc) is 3.17. The summed E-state index contributed by atoms with van der Waals surface area (Å²) in [6.45, 7) is 5.84. The molecule has 2 aliphatic rings. The second-order valence-corrected chi connectivity index (χ2v) is 8.23. The Morgan fingerprint density at radius 2 is 1.91 bits per heavy atom. The molecule has 0 spiro atoms. The quantitative estimate of drug-likeness (QED) is 0.675. The van der Waals surface area contributed by atoms with Crippen LogP contribution in [0.4, 0.5) is 23.8 Å². The third-order valence-electron chi connectivity index (χ3n) is 5.81. The van der Waals surface area contributed by atoms with E-state index in [-0.39, 0.29) is 16.9 Å². The van der Waals surface area contributed by atoms with Crippen LogP contribution in [0.2, 0.25) is 5.28 Å². The minimum Gasteiger partial charge on any atom is -0.378 e. The Morgan fingerprint density at radius 3 is 2.59 bits per heavy atom. The standard InChI is InChI=1S/C21H23ClF3N5O2/c1-12-14(4-3-5-16(12)21(23,24)25)13(2)26-18-15-10-30(11-17(15)27-19(22)28-18)20(31)29-6-8-32-9-7-29/h3-5,13H,6-11H2,1-2H3,(H,26,27,28). The molecule has 1 aromatic carbocycles. The topological polar surface area (TPSA) is 70.6 Å². The monoisotopic (exact) mass is 469 g/mol. The molecule has 0 bridgehead atoms. The number of aromatic nitrogens is 2. The Hall–Kier alpha value is -2.59. The number of ether oxygens (including phenoxy) is 1. The lowest BCUT2D eigenvalue weighted by atomic mass is 9.97. The van der Waals surface area contributed by atoms with Crippen LogP contribution in [0.5, 0.6) is 0 Å². The van der Waals surface area contributed by atoms with Crippen molar-refractivity contribution in [2.45, 2.75) is 39.2 Å². The van der Waals surface area contributed by atoms with Crippen molar-refractivity contribution >= 4 is 23.4 Å². The highest BCUT2D eigenvalue weighted by molar-refractivity contribution is 6.28. The van der Waals surface area contributed by atoms with E-state index in [1.54, 1.807) is 22.8 Å². The molecule has 2 aliphatic heterocycles. The van der Waals surface area contributed by atoms with E-state index in [1.807, 2.05) is 0 Å². The highest BCUT2D eigenvalue weighted by Gasteiger charge is 2.34. The van der Waals surface area contributed by atoms with Crippen LogP contribution in [0.3, 0.4) is 0 Å². The van der Waals surface area contributed by atoms with E-state index in [2.05, 4.69) is 15.3 Å². The van der Waals surface area contributed by atoms with Crippen LogP contribution in [0.1, 0.15) is 40.9 Å². The molecule has 0 aliphatic carbocycles. The van der Waals surface area contributed by atoms with Gasteiger partial charge in [-0.15, -0.1) is 0 Å². The molecule has 1 unspecified atom stereocenters. The molecule has 1 N–H and O–H groups in total. The van der Waals surface area contributed by atoms with Crippen molar-refractivity contribution < 1.29 is 22.7 Å². The Labute approximate surface area is 188 Å². The molecule has 11 heteroatoms. The van der Waals surface area contributed by atoms with Gasteiger partial charge in [0, 0.05) is 18.7 Å². The van der Waals surface area contributed by atoms with Crippen molar-refractivity contribution in [3.05, 3.63) is 51.4 Å². The molecule has 7 nitrogen and oxygen atoms in total. The van der Waals surface area contributed by atoms with Crippen molar-refractivity contribution in [1.82, 2.24) is 19.8 Å². The van der Waals surface area contributed by atoms with Crippen LogP contribution >= 0.6 is 11.6 Å². The number of fused-ring (bicyclic) bond motifs is 1. The number of nitrogens with one attached hydrogen (secondary N) is 1. The van der Waals surface area contributed by atoms with Gasteiger partial charge < -0.3 is 19.9 Å². The summed E-state index contributed by atoms with van der Waals surface area (Å²) < 4.78 is 45.3. The second kappa shape index (κ2) is 8.74. The Bertz CT molecular complexity index is 1030. The predicted octanol–water partition coefficient (Wildman–Crippen LogP) is 4.40. The molecule has 32 heavy (non-hydrogen) atoms. The fraction of sp³-hybridized carbons (Fsp3) is 0.476. The lowest BCUT2D eigenvalue weighted by Gasteiger charge is -2.30. The molecule has 0 radical (unpaired) electrons. The molecule has 3 heterocycles. The predicted molar refractivity (Wildman–Crippen MR) is 112 cm³/mol. The lowest BCUT2D eigenvalue weighted by Crippen LogP contribution is -2.46. The number of morpholine rings is 1. The summed E-state index contributed by atoms with van der Waals surface area (Å²) in [6, 6.07) is 3.52. The lowest BCUT2D eigenvalue weighted by molar-refractivity contribution is -0.138. The molecule has 0 saturated carbocycles. The van der Waals surface area contributed by atoms with E-state index in [4.69, 9.17) is 16.3 Å². The number of halogens is 4. The minimum atomic E-state index is -4.43. The molecular weight excluding hydrogens is 447 g/mol. The van der Waals surface area contributed by atoms with Gasteiger partial charge in [-0.3, -0.25) is 0 Å². The van der Waals surface area contributed by atoms with Crippen molar-refractivity contribution in [1.29, 1.82) is 0 Å². The van der Waals surface area contributed by atoms with E-state index >= 15 is 0 Å². The van der Waals surface area contributed by atoms with E-state index < -0.39 is 17.8 Å². The maximum atomic E-state index is 13.3. The molecule has 172 valence electrons. The highest BCUT2D eigenvalue weighted by atomic mass is 35.5. The Morgan fingerprint density at radius 1 is 1.19 bits per heavy atom. The number of nitrogens with zero attached hydrogens (tertiary/aromatic N) is 4. The number of benzene rings is 1. The molecular formula is C21H23ClF3N5O2. The van der Waals surface area contributed by atoms with Crippen LogP contribution in [-0.4, -0.2) is 52.1 Å². The van der Waals surface area contributed by atoms with Crippen LogP contribution in [0, 0.1) is 6.92 Å². The second-order valence-electron chi connectivity index (χ2n) is 7.89. The summed E-state index contributed by atoms with van der Waals surface area (Å²) in [5.74, 6) is 0.418. The molecule has 1 fully saturated rings. The van der Waals surface area contributed by atoms with Crippen molar-refractivity contribution in [2.24, 2.45) is 0 Å². The van der Waals surface area contributed by atoms with Gasteiger partial charge in [0.1, 0.15) is 5.82 Å². The summed E-state index contributed by atoms with van der Waals surface area (Å²) in [5.41, 5.74) is 1.33. The minimum absolute atomic E-state index is 0.0138. The van der Waals surface area contributed by atoms with Crippen molar-refractivity contribution in [2.75, 3.05) is 31.6 Å². The molecule has 1 aromatic heterocycles. The third-order valence-corrected chi connectivity index (χ3v) is 5.98. The summed E-state index contributed by atoms with van der Waals surface area (Å²) in [5, 5.41) is 3.20. The summed E-state index contributed by atoms with van der Waals surface area (Å²) >= 11 is 6.11. The maximum absolute atomic E-state index is 13.3. The molecule has 1 atom stereocenters. The van der Waals surface area contributed by atoms with Gasteiger partial charge in [-0.25, -0.2) is 14.8 Å². The number of hydrogen-bond acceptors (Lipinski definition) is 5. The molecule has 4 rings (SSSR count). The Kier molecular flexibility index (Phi) is 6.17. The van der Waals surface area contributed by atoms with Crippen LogP contribution in [0.25, 0.3) is 0 Å². The van der Waals surface area contributed by atoms with Crippen molar-refractivity contribution in [3.8, 4) is 0 Å². The first-order chi connectivity index (χ1) is 15.1. The smallest absolute Gasteiger partial charge is 0.378 e. The number of carbonyl (C=O) groups is 1. The summed E-state index contributed by atoms with van der Waals surface area (Å²) in [7, 11) is 0. The normalized spacial score (nSPS) is 17.3. The van der Waals surface area contributed by atoms with E-state index in [0.717, 1.165) is 6.07 Å². The first-order valence-corrected chi connectivity index (χ1v) is 10.6. The number of anilines is 1.